The number of carbonyl (C=O) groups excluding carboxylic acids is 2. The predicted molar refractivity (Wildman–Crippen MR) is 114 cm³/mol. The molecule has 0 radical (unpaired) electrons. The number of nitrogens with two attached hydrogens (primary N) is 1. The molecule has 0 heterocycles. The first-order valence-corrected chi connectivity index (χ1v) is 10.1. The molecule has 0 saturated heterocycles. The molecule has 29 heavy (non-hydrogen) atoms. The van der Waals surface area contributed by atoms with E-state index in [1.54, 1.807) is 43.5 Å². The number of hydrogen-bond donors (Lipinski definition) is 2. The maximum atomic E-state index is 12.6. The van der Waals surface area contributed by atoms with Crippen molar-refractivity contribution in [1.82, 2.24) is 4.90 Å². The Labute approximate surface area is 176 Å². The second kappa shape index (κ2) is 9.76. The number of benzene rings is 2. The van der Waals surface area contributed by atoms with Crippen LogP contribution >= 0.6 is 11.6 Å². The van der Waals surface area contributed by atoms with Crippen molar-refractivity contribution in [1.29, 1.82) is 0 Å². The van der Waals surface area contributed by atoms with Crippen LogP contribution in [0.1, 0.15) is 35.2 Å². The van der Waals surface area contributed by atoms with Gasteiger partial charge in [0.2, 0.25) is 5.91 Å². The van der Waals surface area contributed by atoms with Gasteiger partial charge in [0.25, 0.3) is 5.91 Å². The molecule has 0 spiro atoms. The van der Waals surface area contributed by atoms with Crippen LogP contribution in [-0.4, -0.2) is 36.9 Å². The summed E-state index contributed by atoms with van der Waals surface area (Å²) < 4.78 is 5.12. The number of hydrogen-bond acceptors (Lipinski definition) is 4. The highest BCUT2D eigenvalue weighted by atomic mass is 35.5. The normalized spacial score (nSPS) is 13.1. The fourth-order valence-corrected chi connectivity index (χ4v) is 3.24. The number of nitrogens with one attached hydrogen (secondary N) is 1. The lowest BCUT2D eigenvalue weighted by Gasteiger charge is -2.23. The van der Waals surface area contributed by atoms with Crippen molar-refractivity contribution in [2.45, 2.75) is 25.8 Å². The average Bonchev–Trinajstić information content (AvgIpc) is 3.58. The number of amides is 2. The summed E-state index contributed by atoms with van der Waals surface area (Å²) >= 11 is 6.37. The fourth-order valence-electron chi connectivity index (χ4n) is 3.06. The minimum atomic E-state index is -0.227. The van der Waals surface area contributed by atoms with Gasteiger partial charge in [-0.25, -0.2) is 0 Å². The van der Waals surface area contributed by atoms with Crippen molar-refractivity contribution in [3.63, 3.8) is 0 Å². The van der Waals surface area contributed by atoms with E-state index in [1.807, 2.05) is 11.0 Å². The smallest absolute Gasteiger partial charge is 0.255 e. The SMILES string of the molecule is COc1ccc(C(=O)Nc2ccc(Cl)c(CN(CCCN)C(=O)C3CC3)c2)cc1. The summed E-state index contributed by atoms with van der Waals surface area (Å²) in [7, 11) is 1.58. The van der Waals surface area contributed by atoms with E-state index in [0.717, 1.165) is 24.8 Å². The zero-order valence-corrected chi connectivity index (χ0v) is 17.2. The summed E-state index contributed by atoms with van der Waals surface area (Å²) in [4.78, 5) is 26.9. The monoisotopic (exact) mass is 415 g/mol. The number of methoxy groups -OCH3 is 1. The number of carbonyl (C=O) groups is 2. The Balaban J connectivity index is 1.72. The van der Waals surface area contributed by atoms with Crippen LogP contribution in [-0.2, 0) is 11.3 Å². The Morgan fingerprint density at radius 3 is 2.55 bits per heavy atom. The van der Waals surface area contributed by atoms with E-state index in [9.17, 15) is 9.59 Å². The Bertz CT molecular complexity index is 866. The van der Waals surface area contributed by atoms with Crippen LogP contribution in [0.5, 0.6) is 5.75 Å². The molecule has 1 fully saturated rings. The van der Waals surface area contributed by atoms with Gasteiger partial charge in [-0.1, -0.05) is 11.6 Å². The molecule has 0 bridgehead atoms. The summed E-state index contributed by atoms with van der Waals surface area (Å²) in [6.07, 6.45) is 2.64. The van der Waals surface area contributed by atoms with Crippen LogP contribution in [0.2, 0.25) is 5.02 Å². The molecule has 154 valence electrons. The van der Waals surface area contributed by atoms with E-state index in [1.165, 1.54) is 0 Å². The van der Waals surface area contributed by atoms with Gasteiger partial charge in [0.1, 0.15) is 5.75 Å². The minimum absolute atomic E-state index is 0.129. The van der Waals surface area contributed by atoms with Gasteiger partial charge in [0.05, 0.1) is 7.11 Å². The van der Waals surface area contributed by atoms with Crippen molar-refractivity contribution >= 4 is 29.1 Å². The largest absolute Gasteiger partial charge is 0.497 e. The lowest BCUT2D eigenvalue weighted by atomic mass is 10.1. The summed E-state index contributed by atoms with van der Waals surface area (Å²) in [5.41, 5.74) is 7.57. The van der Waals surface area contributed by atoms with Gasteiger partial charge in [-0.3, -0.25) is 9.59 Å². The van der Waals surface area contributed by atoms with Crippen LogP contribution in [0.3, 0.4) is 0 Å². The first-order valence-electron chi connectivity index (χ1n) is 9.74. The topological polar surface area (TPSA) is 84.7 Å². The molecule has 1 aliphatic rings. The average molecular weight is 416 g/mol. The van der Waals surface area contributed by atoms with Gasteiger partial charge < -0.3 is 20.7 Å². The summed E-state index contributed by atoms with van der Waals surface area (Å²) in [6.45, 7) is 1.53. The second-order valence-corrected chi connectivity index (χ2v) is 7.57. The predicted octanol–water partition coefficient (Wildman–Crippen LogP) is 3.69. The van der Waals surface area contributed by atoms with Crippen LogP contribution in [0.4, 0.5) is 5.69 Å². The molecule has 2 aromatic rings. The number of anilines is 1. The Morgan fingerprint density at radius 1 is 1.21 bits per heavy atom. The third-order valence-corrected chi connectivity index (χ3v) is 5.26. The maximum absolute atomic E-state index is 12.6. The zero-order chi connectivity index (χ0) is 20.8. The van der Waals surface area contributed by atoms with Crippen LogP contribution < -0.4 is 15.8 Å². The highest BCUT2D eigenvalue weighted by Crippen LogP contribution is 2.32. The summed E-state index contributed by atoms with van der Waals surface area (Å²) in [6, 6.07) is 12.2. The molecule has 0 aromatic heterocycles. The Hall–Kier alpha value is -2.57. The zero-order valence-electron chi connectivity index (χ0n) is 16.5. The lowest BCUT2D eigenvalue weighted by molar-refractivity contribution is -0.133. The van der Waals surface area contributed by atoms with E-state index in [0.29, 0.717) is 41.7 Å². The van der Waals surface area contributed by atoms with E-state index >= 15 is 0 Å². The van der Waals surface area contributed by atoms with Crippen LogP contribution in [0.15, 0.2) is 42.5 Å². The number of ether oxygens (including phenoxy) is 1. The van der Waals surface area contributed by atoms with Crippen LogP contribution in [0.25, 0.3) is 0 Å². The van der Waals surface area contributed by atoms with Gasteiger partial charge in [0, 0.05) is 35.3 Å². The highest BCUT2D eigenvalue weighted by molar-refractivity contribution is 6.31. The first kappa shape index (κ1) is 21.1. The molecule has 6 nitrogen and oxygen atoms in total. The summed E-state index contributed by atoms with van der Waals surface area (Å²) in [5, 5.41) is 3.45. The van der Waals surface area contributed by atoms with E-state index in [4.69, 9.17) is 22.1 Å². The third kappa shape index (κ3) is 5.71. The molecule has 3 N–H and O–H groups in total. The van der Waals surface area contributed by atoms with Gasteiger partial charge in [0.15, 0.2) is 0 Å². The lowest BCUT2D eigenvalue weighted by Crippen LogP contribution is -2.33. The molecule has 2 amide bonds. The van der Waals surface area contributed by atoms with Gasteiger partial charge >= 0.3 is 0 Å². The molecule has 3 rings (SSSR count). The molecule has 1 aliphatic carbocycles. The highest BCUT2D eigenvalue weighted by Gasteiger charge is 2.33. The summed E-state index contributed by atoms with van der Waals surface area (Å²) in [5.74, 6) is 0.745. The molecule has 0 atom stereocenters. The van der Waals surface area contributed by atoms with E-state index in [2.05, 4.69) is 5.32 Å². The van der Waals surface area contributed by atoms with Gasteiger partial charge in [-0.2, -0.15) is 0 Å². The van der Waals surface area contributed by atoms with Gasteiger partial charge in [-0.05, 0) is 73.8 Å². The standard InChI is InChI=1S/C22H26ClN3O3/c1-29-19-8-5-15(6-9-19)21(27)25-18-7-10-20(23)17(13-18)14-26(12-2-11-24)22(28)16-3-4-16/h5-10,13,16H,2-4,11-12,14,24H2,1H3,(H,25,27). The quantitative estimate of drug-likeness (QED) is 0.654. The molecule has 7 heteroatoms. The number of halogens is 1. The van der Waals surface area contributed by atoms with E-state index in [-0.39, 0.29) is 17.7 Å². The van der Waals surface area contributed by atoms with Crippen molar-refractivity contribution in [2.24, 2.45) is 11.7 Å². The minimum Gasteiger partial charge on any atom is -0.497 e. The van der Waals surface area contributed by atoms with Crippen LogP contribution in [0, 0.1) is 5.92 Å². The van der Waals surface area contributed by atoms with Crippen molar-refractivity contribution in [3.8, 4) is 5.75 Å². The van der Waals surface area contributed by atoms with Gasteiger partial charge in [-0.15, -0.1) is 0 Å². The maximum Gasteiger partial charge on any atom is 0.255 e. The Morgan fingerprint density at radius 2 is 1.93 bits per heavy atom. The van der Waals surface area contributed by atoms with Crippen molar-refractivity contribution in [2.75, 3.05) is 25.5 Å². The molecular formula is C22H26ClN3O3. The van der Waals surface area contributed by atoms with Crippen molar-refractivity contribution in [3.05, 3.63) is 58.6 Å². The fraction of sp³-hybridized carbons (Fsp3) is 0.364. The Kier molecular flexibility index (Phi) is 7.12. The second-order valence-electron chi connectivity index (χ2n) is 7.17. The first-order chi connectivity index (χ1) is 14.0. The number of rotatable bonds is 9. The molecule has 2 aromatic carbocycles. The molecule has 0 unspecified atom stereocenters. The number of nitrogens with zero attached hydrogens (tertiary/aromatic N) is 1. The molecule has 1 saturated carbocycles. The van der Waals surface area contributed by atoms with E-state index < -0.39 is 0 Å². The van der Waals surface area contributed by atoms with Crippen molar-refractivity contribution < 1.29 is 14.3 Å². The molecule has 0 aliphatic heterocycles. The molecular weight excluding hydrogens is 390 g/mol. The third-order valence-electron chi connectivity index (χ3n) is 4.89.